The first-order valence-electron chi connectivity index (χ1n) is 5.83. The van der Waals surface area contributed by atoms with E-state index in [-0.39, 0.29) is 5.91 Å². The molecular formula is C13H17BrN2O. The molecule has 0 bridgehead atoms. The molecule has 1 aliphatic carbocycles. The summed E-state index contributed by atoms with van der Waals surface area (Å²) in [5.41, 5.74) is 2.16. The Morgan fingerprint density at radius 2 is 2.24 bits per heavy atom. The van der Waals surface area contributed by atoms with Gasteiger partial charge in [-0.15, -0.1) is 0 Å². The van der Waals surface area contributed by atoms with Gasteiger partial charge in [0.1, 0.15) is 0 Å². The fourth-order valence-corrected chi connectivity index (χ4v) is 2.36. The third-order valence-electron chi connectivity index (χ3n) is 3.04. The summed E-state index contributed by atoms with van der Waals surface area (Å²) in [4.78, 5) is 13.7. The fourth-order valence-electron chi connectivity index (χ4n) is 1.72. The van der Waals surface area contributed by atoms with Crippen LogP contribution in [0.1, 0.15) is 18.4 Å². The van der Waals surface area contributed by atoms with Crippen LogP contribution in [0.25, 0.3) is 0 Å². The van der Waals surface area contributed by atoms with Crippen molar-refractivity contribution in [2.75, 3.05) is 18.9 Å². The molecule has 2 rings (SSSR count). The number of likely N-dealkylation sites (N-methyl/N-ethyl adjacent to an activating group) is 1. The van der Waals surface area contributed by atoms with Crippen molar-refractivity contribution in [3.05, 3.63) is 28.2 Å². The Kier molecular flexibility index (Phi) is 3.72. The maximum atomic E-state index is 11.8. The van der Waals surface area contributed by atoms with Crippen LogP contribution in [0, 0.1) is 6.92 Å². The van der Waals surface area contributed by atoms with Gasteiger partial charge in [-0.3, -0.25) is 4.79 Å². The number of nitrogens with zero attached hydrogens (tertiary/aromatic N) is 1. The molecule has 3 nitrogen and oxygen atoms in total. The van der Waals surface area contributed by atoms with E-state index in [2.05, 4.69) is 21.2 Å². The lowest BCUT2D eigenvalue weighted by atomic mass is 10.2. The fraction of sp³-hybridized carbons (Fsp3) is 0.462. The minimum Gasteiger partial charge on any atom is -0.375 e. The molecule has 0 atom stereocenters. The van der Waals surface area contributed by atoms with Crippen molar-refractivity contribution in [2.45, 2.75) is 25.8 Å². The Morgan fingerprint density at radius 3 is 2.82 bits per heavy atom. The van der Waals surface area contributed by atoms with Gasteiger partial charge in [-0.1, -0.05) is 6.07 Å². The average Bonchev–Trinajstić information content (AvgIpc) is 3.10. The molecule has 4 heteroatoms. The van der Waals surface area contributed by atoms with Crippen molar-refractivity contribution >= 4 is 27.5 Å². The molecule has 0 aliphatic heterocycles. The maximum absolute atomic E-state index is 11.8. The summed E-state index contributed by atoms with van der Waals surface area (Å²) in [6.45, 7) is 2.40. The number of nitrogens with one attached hydrogen (secondary N) is 1. The number of carbonyl (C=O) groups excluding carboxylic acids is 1. The highest BCUT2D eigenvalue weighted by atomic mass is 79.9. The molecule has 0 aromatic heterocycles. The summed E-state index contributed by atoms with van der Waals surface area (Å²) in [6.07, 6.45) is 2.30. The Hall–Kier alpha value is -1.03. The Bertz CT molecular complexity index is 429. The smallest absolute Gasteiger partial charge is 0.241 e. The summed E-state index contributed by atoms with van der Waals surface area (Å²) < 4.78 is 0.999. The van der Waals surface area contributed by atoms with Crippen LogP contribution in [0.3, 0.4) is 0 Å². The number of amides is 1. The van der Waals surface area contributed by atoms with Crippen molar-refractivity contribution in [1.82, 2.24) is 4.90 Å². The molecule has 1 N–H and O–H groups in total. The van der Waals surface area contributed by atoms with Gasteiger partial charge in [0.05, 0.1) is 6.54 Å². The van der Waals surface area contributed by atoms with Gasteiger partial charge in [-0.05, 0) is 53.4 Å². The number of anilines is 1. The summed E-state index contributed by atoms with van der Waals surface area (Å²) in [5, 5.41) is 3.17. The summed E-state index contributed by atoms with van der Waals surface area (Å²) in [6, 6.07) is 6.54. The molecule has 1 aliphatic rings. The second-order valence-corrected chi connectivity index (χ2v) is 5.43. The van der Waals surface area contributed by atoms with E-state index in [1.165, 1.54) is 5.56 Å². The standard InChI is InChI=1S/C13H17BrN2O/c1-9-3-6-12(11(14)7-9)15-8-13(17)16(2)10-4-5-10/h3,6-7,10,15H,4-5,8H2,1-2H3. The minimum absolute atomic E-state index is 0.153. The molecular weight excluding hydrogens is 280 g/mol. The monoisotopic (exact) mass is 296 g/mol. The second-order valence-electron chi connectivity index (χ2n) is 4.57. The van der Waals surface area contributed by atoms with E-state index < -0.39 is 0 Å². The summed E-state index contributed by atoms with van der Waals surface area (Å²) in [5.74, 6) is 0.153. The highest BCUT2D eigenvalue weighted by molar-refractivity contribution is 9.10. The van der Waals surface area contributed by atoms with Crippen LogP contribution in [0.5, 0.6) is 0 Å². The molecule has 0 unspecified atom stereocenters. The molecule has 1 aromatic carbocycles. The number of hydrogen-bond donors (Lipinski definition) is 1. The van der Waals surface area contributed by atoms with Crippen LogP contribution >= 0.6 is 15.9 Å². The molecule has 1 amide bonds. The average molecular weight is 297 g/mol. The van der Waals surface area contributed by atoms with Gasteiger partial charge >= 0.3 is 0 Å². The highest BCUT2D eigenvalue weighted by Crippen LogP contribution is 2.26. The number of hydrogen-bond acceptors (Lipinski definition) is 2. The largest absolute Gasteiger partial charge is 0.375 e. The molecule has 0 radical (unpaired) electrons. The Morgan fingerprint density at radius 1 is 1.53 bits per heavy atom. The number of rotatable bonds is 4. The lowest BCUT2D eigenvalue weighted by molar-refractivity contribution is -0.128. The minimum atomic E-state index is 0.153. The quantitative estimate of drug-likeness (QED) is 0.927. The van der Waals surface area contributed by atoms with Crippen molar-refractivity contribution in [1.29, 1.82) is 0 Å². The Labute approximate surface area is 110 Å². The van der Waals surface area contributed by atoms with Gasteiger partial charge < -0.3 is 10.2 Å². The zero-order chi connectivity index (χ0) is 12.4. The Balaban J connectivity index is 1.90. The lowest BCUT2D eigenvalue weighted by Crippen LogP contribution is -2.33. The second kappa shape index (κ2) is 5.08. The third kappa shape index (κ3) is 3.22. The van der Waals surface area contributed by atoms with Gasteiger partial charge in [-0.25, -0.2) is 0 Å². The number of aryl methyl sites for hydroxylation is 1. The molecule has 1 aromatic rings. The first kappa shape index (κ1) is 12.4. The van der Waals surface area contributed by atoms with E-state index >= 15 is 0 Å². The first-order chi connectivity index (χ1) is 8.08. The SMILES string of the molecule is Cc1ccc(NCC(=O)N(C)C2CC2)c(Br)c1. The molecule has 0 heterocycles. The predicted octanol–water partition coefficient (Wildman–Crippen LogP) is 2.79. The number of benzene rings is 1. The zero-order valence-electron chi connectivity index (χ0n) is 10.2. The molecule has 1 fully saturated rings. The van der Waals surface area contributed by atoms with Crippen molar-refractivity contribution < 1.29 is 4.79 Å². The van der Waals surface area contributed by atoms with E-state index in [0.717, 1.165) is 23.0 Å². The number of halogens is 1. The molecule has 17 heavy (non-hydrogen) atoms. The first-order valence-corrected chi connectivity index (χ1v) is 6.63. The van der Waals surface area contributed by atoms with Gasteiger partial charge in [0, 0.05) is 23.2 Å². The highest BCUT2D eigenvalue weighted by Gasteiger charge is 2.29. The van der Waals surface area contributed by atoms with E-state index in [0.29, 0.717) is 12.6 Å². The molecule has 0 saturated heterocycles. The molecule has 0 spiro atoms. The van der Waals surface area contributed by atoms with Crippen LogP contribution in [0.4, 0.5) is 5.69 Å². The van der Waals surface area contributed by atoms with Gasteiger partial charge in [-0.2, -0.15) is 0 Å². The van der Waals surface area contributed by atoms with Crippen molar-refractivity contribution in [3.63, 3.8) is 0 Å². The van der Waals surface area contributed by atoms with E-state index in [4.69, 9.17) is 0 Å². The van der Waals surface area contributed by atoms with Gasteiger partial charge in [0.25, 0.3) is 0 Å². The van der Waals surface area contributed by atoms with Crippen LogP contribution in [0.15, 0.2) is 22.7 Å². The number of carbonyl (C=O) groups is 1. The summed E-state index contributed by atoms with van der Waals surface area (Å²) >= 11 is 3.49. The van der Waals surface area contributed by atoms with Gasteiger partial charge in [0.2, 0.25) is 5.91 Å². The maximum Gasteiger partial charge on any atom is 0.241 e. The third-order valence-corrected chi connectivity index (χ3v) is 3.70. The molecule has 1 saturated carbocycles. The van der Waals surface area contributed by atoms with Crippen LogP contribution in [-0.2, 0) is 4.79 Å². The van der Waals surface area contributed by atoms with Crippen LogP contribution < -0.4 is 5.32 Å². The van der Waals surface area contributed by atoms with E-state index in [9.17, 15) is 4.79 Å². The molecule has 92 valence electrons. The van der Waals surface area contributed by atoms with E-state index in [1.54, 1.807) is 0 Å². The predicted molar refractivity (Wildman–Crippen MR) is 73.2 cm³/mol. The van der Waals surface area contributed by atoms with Crippen molar-refractivity contribution in [3.8, 4) is 0 Å². The zero-order valence-corrected chi connectivity index (χ0v) is 11.8. The normalized spacial score (nSPS) is 14.5. The lowest BCUT2D eigenvalue weighted by Gasteiger charge is -2.17. The van der Waals surface area contributed by atoms with Crippen molar-refractivity contribution in [2.24, 2.45) is 0 Å². The van der Waals surface area contributed by atoms with Crippen LogP contribution in [0.2, 0.25) is 0 Å². The van der Waals surface area contributed by atoms with E-state index in [1.807, 2.05) is 37.1 Å². The summed E-state index contributed by atoms with van der Waals surface area (Å²) in [7, 11) is 1.88. The van der Waals surface area contributed by atoms with Gasteiger partial charge in [0.15, 0.2) is 0 Å². The topological polar surface area (TPSA) is 32.3 Å². The van der Waals surface area contributed by atoms with Crippen LogP contribution in [-0.4, -0.2) is 30.4 Å².